The predicted molar refractivity (Wildman–Crippen MR) is 68.8 cm³/mol. The molecule has 0 radical (unpaired) electrons. The van der Waals surface area contributed by atoms with Crippen LogP contribution in [0.5, 0.6) is 5.75 Å². The van der Waals surface area contributed by atoms with Crippen LogP contribution in [-0.2, 0) is 6.61 Å². The number of hydrogen-bond acceptors (Lipinski definition) is 3. The molecule has 0 saturated carbocycles. The van der Waals surface area contributed by atoms with Crippen molar-refractivity contribution >= 4 is 21.9 Å². The fourth-order valence-electron chi connectivity index (χ4n) is 1.57. The average molecular weight is 329 g/mol. The molecule has 0 saturated heterocycles. The molecule has 0 aliphatic heterocycles. The van der Waals surface area contributed by atoms with Gasteiger partial charge in [0, 0.05) is 11.6 Å². The topological polar surface area (TPSA) is 59.7 Å². The molecular weight excluding hydrogens is 319 g/mol. The van der Waals surface area contributed by atoms with Gasteiger partial charge < -0.3 is 14.3 Å². The van der Waals surface area contributed by atoms with Crippen LogP contribution in [0.25, 0.3) is 0 Å². The minimum atomic E-state index is -1.13. The molecule has 0 amide bonds. The van der Waals surface area contributed by atoms with E-state index in [-0.39, 0.29) is 12.4 Å². The molecule has 0 unspecified atom stereocenters. The van der Waals surface area contributed by atoms with Crippen molar-refractivity contribution in [2.45, 2.75) is 13.5 Å². The molecule has 0 fully saturated rings. The molecule has 4 nitrogen and oxygen atoms in total. The lowest BCUT2D eigenvalue weighted by atomic mass is 10.3. The van der Waals surface area contributed by atoms with E-state index in [1.165, 1.54) is 18.2 Å². The summed E-state index contributed by atoms with van der Waals surface area (Å²) in [5.41, 5.74) is 0.518. The van der Waals surface area contributed by atoms with Crippen LogP contribution in [0.1, 0.15) is 21.9 Å². The fraction of sp³-hybridized carbons (Fsp3) is 0.154. The second-order valence-electron chi connectivity index (χ2n) is 3.89. The fourth-order valence-corrected chi connectivity index (χ4v) is 1.93. The third kappa shape index (κ3) is 3.14. The quantitative estimate of drug-likeness (QED) is 0.928. The monoisotopic (exact) mass is 328 g/mol. The number of rotatable bonds is 4. The number of halogens is 2. The van der Waals surface area contributed by atoms with Crippen LogP contribution in [0.15, 0.2) is 33.2 Å². The molecule has 0 aliphatic carbocycles. The summed E-state index contributed by atoms with van der Waals surface area (Å²) in [6, 6.07) is 5.64. The molecule has 100 valence electrons. The highest BCUT2D eigenvalue weighted by Gasteiger charge is 2.15. The standard InChI is InChI=1S/C13H10BrFO4/c1-7-4-9(19-12(7)13(16)17)6-18-11-5-8(15)2-3-10(11)14/h2-5H,6H2,1H3,(H,16,17). The number of hydrogen-bond donors (Lipinski definition) is 1. The average Bonchev–Trinajstić information content (AvgIpc) is 2.72. The van der Waals surface area contributed by atoms with Crippen molar-refractivity contribution in [3.63, 3.8) is 0 Å². The highest BCUT2D eigenvalue weighted by atomic mass is 79.9. The van der Waals surface area contributed by atoms with E-state index in [1.54, 1.807) is 13.0 Å². The van der Waals surface area contributed by atoms with E-state index in [9.17, 15) is 9.18 Å². The minimum absolute atomic E-state index is 0.0240. The molecule has 2 aromatic rings. The van der Waals surface area contributed by atoms with Crippen molar-refractivity contribution < 1.29 is 23.4 Å². The van der Waals surface area contributed by atoms with E-state index in [0.717, 1.165) is 0 Å². The van der Waals surface area contributed by atoms with Gasteiger partial charge in [0.1, 0.15) is 23.9 Å². The first-order valence-electron chi connectivity index (χ1n) is 5.38. The Morgan fingerprint density at radius 1 is 1.47 bits per heavy atom. The van der Waals surface area contributed by atoms with Crippen molar-refractivity contribution in [3.8, 4) is 5.75 Å². The predicted octanol–water partition coefficient (Wildman–Crippen LogP) is 3.77. The molecule has 0 spiro atoms. The highest BCUT2D eigenvalue weighted by Crippen LogP contribution is 2.26. The molecule has 0 aliphatic rings. The summed E-state index contributed by atoms with van der Waals surface area (Å²) in [6.07, 6.45) is 0. The second kappa shape index (κ2) is 5.44. The van der Waals surface area contributed by atoms with Gasteiger partial charge in [0.15, 0.2) is 0 Å². The summed E-state index contributed by atoms with van der Waals surface area (Å²) in [5.74, 6) is -0.968. The van der Waals surface area contributed by atoms with Gasteiger partial charge in [-0.1, -0.05) is 0 Å². The highest BCUT2D eigenvalue weighted by molar-refractivity contribution is 9.10. The van der Waals surface area contributed by atoms with E-state index < -0.39 is 11.8 Å². The Morgan fingerprint density at radius 3 is 2.84 bits per heavy atom. The van der Waals surface area contributed by atoms with E-state index in [1.807, 2.05) is 0 Å². The third-order valence-corrected chi connectivity index (χ3v) is 3.08. The molecular formula is C13H10BrFO4. The second-order valence-corrected chi connectivity index (χ2v) is 4.75. The Bertz CT molecular complexity index is 621. The maximum absolute atomic E-state index is 13.0. The van der Waals surface area contributed by atoms with Crippen molar-refractivity contribution in [1.29, 1.82) is 0 Å². The number of benzene rings is 1. The Hall–Kier alpha value is -1.82. The van der Waals surface area contributed by atoms with E-state index in [2.05, 4.69) is 15.9 Å². The van der Waals surface area contributed by atoms with Crippen molar-refractivity contribution in [3.05, 3.63) is 51.6 Å². The zero-order chi connectivity index (χ0) is 14.0. The first kappa shape index (κ1) is 13.6. The number of carbonyl (C=O) groups is 1. The summed E-state index contributed by atoms with van der Waals surface area (Å²) < 4.78 is 24.2. The summed E-state index contributed by atoms with van der Waals surface area (Å²) in [7, 11) is 0. The molecule has 2 rings (SSSR count). The van der Waals surface area contributed by atoms with E-state index in [4.69, 9.17) is 14.3 Å². The smallest absolute Gasteiger partial charge is 0.372 e. The number of aromatic carboxylic acids is 1. The lowest BCUT2D eigenvalue weighted by Gasteiger charge is -2.06. The molecule has 6 heteroatoms. The molecule has 1 heterocycles. The lowest BCUT2D eigenvalue weighted by molar-refractivity contribution is 0.0657. The third-order valence-electron chi connectivity index (χ3n) is 2.43. The summed E-state index contributed by atoms with van der Waals surface area (Å²) in [6.45, 7) is 1.66. The van der Waals surface area contributed by atoms with Crippen LogP contribution in [0.4, 0.5) is 4.39 Å². The van der Waals surface area contributed by atoms with Crippen LogP contribution >= 0.6 is 15.9 Å². The van der Waals surface area contributed by atoms with E-state index >= 15 is 0 Å². The summed E-state index contributed by atoms with van der Waals surface area (Å²) >= 11 is 3.23. The minimum Gasteiger partial charge on any atom is -0.484 e. The van der Waals surface area contributed by atoms with Gasteiger partial charge in [-0.25, -0.2) is 9.18 Å². The van der Waals surface area contributed by atoms with Crippen LogP contribution in [0.3, 0.4) is 0 Å². The maximum Gasteiger partial charge on any atom is 0.372 e. The van der Waals surface area contributed by atoms with Crippen LogP contribution in [0.2, 0.25) is 0 Å². The number of furan rings is 1. The van der Waals surface area contributed by atoms with Crippen molar-refractivity contribution in [2.75, 3.05) is 0 Å². The number of carboxylic acids is 1. The SMILES string of the molecule is Cc1cc(COc2cc(F)ccc2Br)oc1C(=O)O. The van der Waals surface area contributed by atoms with Gasteiger partial charge in [0.2, 0.25) is 5.76 Å². The normalized spacial score (nSPS) is 10.5. The van der Waals surface area contributed by atoms with Crippen molar-refractivity contribution in [2.24, 2.45) is 0 Å². The van der Waals surface area contributed by atoms with Gasteiger partial charge >= 0.3 is 5.97 Å². The molecule has 1 N–H and O–H groups in total. The largest absolute Gasteiger partial charge is 0.484 e. The van der Waals surface area contributed by atoms with Crippen molar-refractivity contribution in [1.82, 2.24) is 0 Å². The summed E-state index contributed by atoms with van der Waals surface area (Å²) in [5, 5.41) is 8.85. The Morgan fingerprint density at radius 2 is 2.21 bits per heavy atom. The summed E-state index contributed by atoms with van der Waals surface area (Å²) in [4.78, 5) is 10.8. The number of aryl methyl sites for hydroxylation is 1. The van der Waals surface area contributed by atoms with Gasteiger partial charge in [-0.2, -0.15) is 0 Å². The Balaban J connectivity index is 2.12. The number of ether oxygens (including phenoxy) is 1. The molecule has 19 heavy (non-hydrogen) atoms. The van der Waals surface area contributed by atoms with Gasteiger partial charge in [-0.3, -0.25) is 0 Å². The first-order chi connectivity index (χ1) is 8.97. The maximum atomic E-state index is 13.0. The van der Waals surface area contributed by atoms with Crippen LogP contribution in [-0.4, -0.2) is 11.1 Å². The van der Waals surface area contributed by atoms with Gasteiger partial charge in [0.05, 0.1) is 4.47 Å². The lowest BCUT2D eigenvalue weighted by Crippen LogP contribution is -1.96. The zero-order valence-corrected chi connectivity index (χ0v) is 11.5. The zero-order valence-electron chi connectivity index (χ0n) is 9.94. The van der Waals surface area contributed by atoms with E-state index in [0.29, 0.717) is 21.5 Å². The molecule has 0 bridgehead atoms. The van der Waals surface area contributed by atoms with Crippen LogP contribution < -0.4 is 4.74 Å². The first-order valence-corrected chi connectivity index (χ1v) is 6.17. The van der Waals surface area contributed by atoms with Gasteiger partial charge in [-0.15, -0.1) is 0 Å². The Kier molecular flexibility index (Phi) is 3.90. The molecule has 1 aromatic carbocycles. The molecule has 0 atom stereocenters. The van der Waals surface area contributed by atoms with Gasteiger partial charge in [0.25, 0.3) is 0 Å². The number of carboxylic acid groups (broad SMARTS) is 1. The molecule has 1 aromatic heterocycles. The van der Waals surface area contributed by atoms with Crippen LogP contribution in [0, 0.1) is 12.7 Å². The Labute approximate surface area is 116 Å². The van der Waals surface area contributed by atoms with Gasteiger partial charge in [-0.05, 0) is 41.1 Å².